The number of carbonyl (C=O) groups is 1. The molecule has 0 atom stereocenters. The van der Waals surface area contributed by atoms with E-state index in [0.717, 1.165) is 12.1 Å². The molecule has 3 aromatic rings. The minimum atomic E-state index is -4.64. The molecule has 0 aliphatic carbocycles. The number of hydrogen-bond acceptors (Lipinski definition) is 5. The number of ether oxygens (including phenoxy) is 1. The van der Waals surface area contributed by atoms with Crippen LogP contribution in [-0.2, 0) is 12.6 Å². The van der Waals surface area contributed by atoms with Crippen molar-refractivity contribution in [2.24, 2.45) is 0 Å². The number of aromatic hydroxyl groups is 2. The van der Waals surface area contributed by atoms with Crippen LogP contribution in [0.5, 0.6) is 17.2 Å². The molecular weight excluding hydrogens is 363 g/mol. The second-order valence-electron chi connectivity index (χ2n) is 5.77. The molecule has 0 bridgehead atoms. The Morgan fingerprint density at radius 2 is 1.81 bits per heavy atom. The van der Waals surface area contributed by atoms with Crippen LogP contribution in [0.15, 0.2) is 42.6 Å². The zero-order valence-corrected chi connectivity index (χ0v) is 14.0. The number of Topliss-reactive ketones (excluding diaryl/α,β-unsaturated/α-hetero) is 1. The first-order valence-electron chi connectivity index (χ1n) is 7.80. The van der Waals surface area contributed by atoms with E-state index >= 15 is 0 Å². The van der Waals surface area contributed by atoms with Gasteiger partial charge in [0.25, 0.3) is 0 Å². The number of fused-ring (bicyclic) bond motifs is 1. The maximum Gasteiger partial charge on any atom is 0.418 e. The third kappa shape index (κ3) is 3.38. The van der Waals surface area contributed by atoms with Gasteiger partial charge < -0.3 is 14.9 Å². The minimum absolute atomic E-state index is 0.00378. The number of aromatic nitrogens is 1. The SMILES string of the molecule is COc1ccc2c(O)c(O)ccc2c1C(=O)Cc1ncccc1C(F)(F)F. The van der Waals surface area contributed by atoms with Crippen molar-refractivity contribution in [3.8, 4) is 17.2 Å². The molecule has 0 spiro atoms. The van der Waals surface area contributed by atoms with Crippen molar-refractivity contribution >= 4 is 16.6 Å². The standard InChI is InChI=1S/C19H14F3NO4/c1-27-16-7-5-11-10(4-6-14(24)18(11)26)17(16)15(25)9-13-12(19(20,21)22)3-2-8-23-13/h2-8,24,26H,9H2,1H3. The Bertz CT molecular complexity index is 1030. The van der Waals surface area contributed by atoms with Gasteiger partial charge in [-0.15, -0.1) is 0 Å². The quantitative estimate of drug-likeness (QED) is 0.529. The summed E-state index contributed by atoms with van der Waals surface area (Å²) in [5, 5.41) is 20.1. The summed E-state index contributed by atoms with van der Waals surface area (Å²) in [5.74, 6) is -1.33. The summed E-state index contributed by atoms with van der Waals surface area (Å²) in [6.07, 6.45) is -4.06. The van der Waals surface area contributed by atoms with Crippen LogP contribution in [0.1, 0.15) is 21.6 Å². The molecule has 0 aliphatic rings. The summed E-state index contributed by atoms with van der Waals surface area (Å²) < 4.78 is 44.7. The summed E-state index contributed by atoms with van der Waals surface area (Å²) >= 11 is 0. The monoisotopic (exact) mass is 377 g/mol. The molecule has 2 N–H and O–H groups in total. The molecule has 2 aromatic carbocycles. The number of methoxy groups -OCH3 is 1. The van der Waals surface area contributed by atoms with E-state index in [0.29, 0.717) is 0 Å². The van der Waals surface area contributed by atoms with Crippen LogP contribution >= 0.6 is 0 Å². The summed E-state index contributed by atoms with van der Waals surface area (Å²) in [6.45, 7) is 0. The third-order valence-corrected chi connectivity index (χ3v) is 4.14. The summed E-state index contributed by atoms with van der Waals surface area (Å²) in [7, 11) is 1.32. The largest absolute Gasteiger partial charge is 0.504 e. The van der Waals surface area contributed by atoms with Crippen LogP contribution < -0.4 is 4.74 Å². The fourth-order valence-electron chi connectivity index (χ4n) is 2.89. The Morgan fingerprint density at radius 3 is 2.48 bits per heavy atom. The fourth-order valence-corrected chi connectivity index (χ4v) is 2.89. The molecule has 0 aliphatic heterocycles. The number of pyridine rings is 1. The molecule has 8 heteroatoms. The van der Waals surface area contributed by atoms with Gasteiger partial charge in [0.15, 0.2) is 17.3 Å². The van der Waals surface area contributed by atoms with Crippen LogP contribution in [0.25, 0.3) is 10.8 Å². The maximum atomic E-state index is 13.2. The van der Waals surface area contributed by atoms with Gasteiger partial charge in [0.1, 0.15) is 5.75 Å². The smallest absolute Gasteiger partial charge is 0.418 e. The molecule has 0 saturated heterocycles. The molecular formula is C19H14F3NO4. The van der Waals surface area contributed by atoms with Crippen LogP contribution in [-0.4, -0.2) is 28.1 Å². The van der Waals surface area contributed by atoms with Gasteiger partial charge in [-0.2, -0.15) is 13.2 Å². The van der Waals surface area contributed by atoms with Gasteiger partial charge in [0, 0.05) is 17.0 Å². The van der Waals surface area contributed by atoms with Crippen molar-refractivity contribution in [2.75, 3.05) is 7.11 Å². The highest BCUT2D eigenvalue weighted by Gasteiger charge is 2.34. The number of hydrogen-bond donors (Lipinski definition) is 2. The molecule has 0 unspecified atom stereocenters. The minimum Gasteiger partial charge on any atom is -0.504 e. The Kier molecular flexibility index (Phi) is 4.65. The Balaban J connectivity index is 2.13. The molecule has 3 rings (SSSR count). The highest BCUT2D eigenvalue weighted by Crippen LogP contribution is 2.39. The zero-order valence-electron chi connectivity index (χ0n) is 14.0. The van der Waals surface area contributed by atoms with Gasteiger partial charge >= 0.3 is 6.18 Å². The van der Waals surface area contributed by atoms with Gasteiger partial charge in [0.05, 0.1) is 30.4 Å². The van der Waals surface area contributed by atoms with E-state index in [1.807, 2.05) is 0 Å². The number of alkyl halides is 3. The van der Waals surface area contributed by atoms with Crippen LogP contribution in [0.2, 0.25) is 0 Å². The van der Waals surface area contributed by atoms with E-state index in [2.05, 4.69) is 4.98 Å². The molecule has 1 heterocycles. The van der Waals surface area contributed by atoms with Crippen molar-refractivity contribution < 1.29 is 32.9 Å². The first kappa shape index (κ1) is 18.5. The Morgan fingerprint density at radius 1 is 1.11 bits per heavy atom. The third-order valence-electron chi connectivity index (χ3n) is 4.14. The van der Waals surface area contributed by atoms with Crippen molar-refractivity contribution in [1.82, 2.24) is 4.98 Å². The van der Waals surface area contributed by atoms with Crippen LogP contribution in [0.3, 0.4) is 0 Å². The van der Waals surface area contributed by atoms with Gasteiger partial charge in [0.2, 0.25) is 0 Å². The lowest BCUT2D eigenvalue weighted by molar-refractivity contribution is -0.138. The average Bonchev–Trinajstić information content (AvgIpc) is 2.63. The van der Waals surface area contributed by atoms with Gasteiger partial charge in [-0.25, -0.2) is 0 Å². The number of phenolic OH excluding ortho intramolecular Hbond substituents is 2. The predicted molar refractivity (Wildman–Crippen MR) is 91.1 cm³/mol. The topological polar surface area (TPSA) is 79.6 Å². The van der Waals surface area contributed by atoms with Gasteiger partial charge in [-0.3, -0.25) is 9.78 Å². The van der Waals surface area contributed by atoms with Gasteiger partial charge in [-0.05, 0) is 36.4 Å². The first-order chi connectivity index (χ1) is 12.7. The molecule has 0 saturated carbocycles. The average molecular weight is 377 g/mol. The Hall–Kier alpha value is -3.29. The van der Waals surface area contributed by atoms with E-state index in [1.54, 1.807) is 0 Å². The second-order valence-corrected chi connectivity index (χ2v) is 5.77. The van der Waals surface area contributed by atoms with E-state index in [9.17, 15) is 28.2 Å². The molecule has 27 heavy (non-hydrogen) atoms. The highest BCUT2D eigenvalue weighted by molar-refractivity contribution is 6.12. The van der Waals surface area contributed by atoms with Crippen molar-refractivity contribution in [3.63, 3.8) is 0 Å². The maximum absolute atomic E-state index is 13.2. The number of carbonyl (C=O) groups excluding carboxylic acids is 1. The lowest BCUT2D eigenvalue weighted by atomic mass is 9.96. The van der Waals surface area contributed by atoms with E-state index < -0.39 is 35.4 Å². The van der Waals surface area contributed by atoms with Crippen molar-refractivity contribution in [3.05, 3.63) is 59.4 Å². The number of ketones is 1. The van der Waals surface area contributed by atoms with Crippen molar-refractivity contribution in [2.45, 2.75) is 12.6 Å². The van der Waals surface area contributed by atoms with Crippen molar-refractivity contribution in [1.29, 1.82) is 0 Å². The molecule has 5 nitrogen and oxygen atoms in total. The zero-order chi connectivity index (χ0) is 19.8. The number of halogens is 3. The molecule has 0 amide bonds. The van der Waals surface area contributed by atoms with E-state index in [4.69, 9.17) is 4.74 Å². The lowest BCUT2D eigenvalue weighted by Gasteiger charge is -2.14. The lowest BCUT2D eigenvalue weighted by Crippen LogP contribution is -2.15. The molecule has 140 valence electrons. The number of nitrogens with zero attached hydrogens (tertiary/aromatic N) is 1. The van der Waals surface area contributed by atoms with E-state index in [-0.39, 0.29) is 27.8 Å². The Labute approximate surface area is 151 Å². The molecule has 1 aromatic heterocycles. The summed E-state index contributed by atoms with van der Waals surface area (Å²) in [4.78, 5) is 16.6. The summed E-state index contributed by atoms with van der Waals surface area (Å²) in [6, 6.07) is 7.44. The van der Waals surface area contributed by atoms with E-state index in [1.165, 1.54) is 37.6 Å². The number of phenols is 2. The highest BCUT2D eigenvalue weighted by atomic mass is 19.4. The fraction of sp³-hybridized carbons (Fsp3) is 0.158. The summed E-state index contributed by atoms with van der Waals surface area (Å²) in [5.41, 5.74) is -1.39. The number of rotatable bonds is 4. The van der Waals surface area contributed by atoms with Crippen LogP contribution in [0.4, 0.5) is 13.2 Å². The second kappa shape index (κ2) is 6.79. The molecule has 0 radical (unpaired) electrons. The van der Waals surface area contributed by atoms with Crippen LogP contribution in [0, 0.1) is 0 Å². The predicted octanol–water partition coefficient (Wildman–Crippen LogP) is 4.10. The normalized spacial score (nSPS) is 11.6. The molecule has 0 fully saturated rings. The van der Waals surface area contributed by atoms with Gasteiger partial charge in [-0.1, -0.05) is 0 Å². The number of benzene rings is 2. The first-order valence-corrected chi connectivity index (χ1v) is 7.80.